The number of benzene rings is 1. The van der Waals surface area contributed by atoms with Crippen molar-refractivity contribution in [3.05, 3.63) is 47.4 Å². The molecule has 1 unspecified atom stereocenters. The van der Waals surface area contributed by atoms with Crippen molar-refractivity contribution in [3.8, 4) is 11.4 Å². The summed E-state index contributed by atoms with van der Waals surface area (Å²) in [5.41, 5.74) is 8.02. The molecular weight excluding hydrogens is 291 g/mol. The van der Waals surface area contributed by atoms with E-state index in [1.54, 1.807) is 24.4 Å². The van der Waals surface area contributed by atoms with E-state index in [0.29, 0.717) is 22.9 Å². The summed E-state index contributed by atoms with van der Waals surface area (Å²) in [6.07, 6.45) is 1.58. The van der Waals surface area contributed by atoms with Gasteiger partial charge in [0.2, 0.25) is 0 Å². The lowest BCUT2D eigenvalue weighted by atomic mass is 10.2. The molecule has 0 saturated heterocycles. The molecule has 3 aromatic rings. The average Bonchev–Trinajstić information content (AvgIpc) is 2.85. The molecule has 0 amide bonds. The largest absolute Gasteiger partial charge is 0.328 e. The van der Waals surface area contributed by atoms with Crippen LogP contribution in [0.25, 0.3) is 22.6 Å². The molecule has 0 aliphatic rings. The molecule has 6 heteroatoms. The number of hydrogen-bond acceptors (Lipinski definition) is 3. The molecule has 0 aliphatic carbocycles. The third-order valence-corrected chi connectivity index (χ3v) is 3.59. The van der Waals surface area contributed by atoms with E-state index in [1.807, 2.05) is 11.5 Å². The summed E-state index contributed by atoms with van der Waals surface area (Å²) in [6, 6.07) is 7.98. The quantitative estimate of drug-likeness (QED) is 0.806. The van der Waals surface area contributed by atoms with Crippen LogP contribution in [0.15, 0.2) is 36.5 Å². The lowest BCUT2D eigenvalue weighted by molar-refractivity contribution is 0.575. The Labute approximate surface area is 126 Å². The van der Waals surface area contributed by atoms with Gasteiger partial charge in [0.15, 0.2) is 5.65 Å². The molecule has 108 valence electrons. The van der Waals surface area contributed by atoms with Crippen molar-refractivity contribution in [2.75, 3.05) is 6.54 Å². The van der Waals surface area contributed by atoms with E-state index in [1.165, 1.54) is 12.1 Å². The summed E-state index contributed by atoms with van der Waals surface area (Å²) in [5, 5.41) is 0.526. The van der Waals surface area contributed by atoms with Crippen LogP contribution in [-0.4, -0.2) is 21.1 Å². The maximum Gasteiger partial charge on any atom is 0.160 e. The smallest absolute Gasteiger partial charge is 0.160 e. The summed E-state index contributed by atoms with van der Waals surface area (Å²) in [6.45, 7) is 2.44. The Bertz CT molecular complexity index is 782. The summed E-state index contributed by atoms with van der Waals surface area (Å²) >= 11 is 5.97. The molecule has 2 aromatic heterocycles. The second-order valence-electron chi connectivity index (χ2n) is 4.89. The number of halogens is 2. The monoisotopic (exact) mass is 304 g/mol. The van der Waals surface area contributed by atoms with Crippen molar-refractivity contribution in [3.63, 3.8) is 0 Å². The summed E-state index contributed by atoms with van der Waals surface area (Å²) in [5.74, 6) is 0.423. The van der Waals surface area contributed by atoms with Gasteiger partial charge in [-0.1, -0.05) is 11.6 Å². The van der Waals surface area contributed by atoms with Gasteiger partial charge in [-0.3, -0.25) is 0 Å². The third kappa shape index (κ3) is 2.50. The van der Waals surface area contributed by atoms with E-state index in [4.69, 9.17) is 17.3 Å². The van der Waals surface area contributed by atoms with Crippen molar-refractivity contribution >= 4 is 22.8 Å². The molecule has 2 heterocycles. The lowest BCUT2D eigenvalue weighted by Gasteiger charge is -2.15. The van der Waals surface area contributed by atoms with E-state index in [2.05, 4.69) is 9.97 Å². The fourth-order valence-electron chi connectivity index (χ4n) is 2.28. The van der Waals surface area contributed by atoms with Crippen LogP contribution in [0.2, 0.25) is 5.02 Å². The van der Waals surface area contributed by atoms with Gasteiger partial charge in [0, 0.05) is 24.3 Å². The van der Waals surface area contributed by atoms with Crippen LogP contribution in [0.3, 0.4) is 0 Å². The molecule has 0 spiro atoms. The first-order valence-electron chi connectivity index (χ1n) is 6.59. The van der Waals surface area contributed by atoms with Crippen molar-refractivity contribution in [1.29, 1.82) is 0 Å². The summed E-state index contributed by atoms with van der Waals surface area (Å²) in [7, 11) is 0. The topological polar surface area (TPSA) is 56.7 Å². The highest BCUT2D eigenvalue weighted by atomic mass is 35.5. The number of rotatable bonds is 3. The van der Waals surface area contributed by atoms with Crippen LogP contribution in [0.1, 0.15) is 13.0 Å². The van der Waals surface area contributed by atoms with Gasteiger partial charge in [0.1, 0.15) is 17.2 Å². The highest BCUT2D eigenvalue weighted by molar-refractivity contribution is 6.31. The molecule has 0 saturated carbocycles. The van der Waals surface area contributed by atoms with Gasteiger partial charge in [0.25, 0.3) is 0 Å². The number of imidazole rings is 1. The van der Waals surface area contributed by atoms with Gasteiger partial charge < -0.3 is 10.3 Å². The zero-order chi connectivity index (χ0) is 15.0. The van der Waals surface area contributed by atoms with Crippen LogP contribution >= 0.6 is 11.6 Å². The highest BCUT2D eigenvalue weighted by Gasteiger charge is 2.17. The molecule has 1 atom stereocenters. The van der Waals surface area contributed by atoms with Crippen molar-refractivity contribution < 1.29 is 4.39 Å². The van der Waals surface area contributed by atoms with Crippen LogP contribution in [0, 0.1) is 5.82 Å². The average molecular weight is 305 g/mol. The van der Waals surface area contributed by atoms with Crippen molar-refractivity contribution in [1.82, 2.24) is 14.5 Å². The predicted molar refractivity (Wildman–Crippen MR) is 81.7 cm³/mol. The molecule has 0 bridgehead atoms. The normalized spacial score (nSPS) is 12.8. The SMILES string of the molecule is CC(CN)n1c(-c2ccc(F)cc2)nc2cc(Cl)cnc21. The number of aromatic nitrogens is 3. The van der Waals surface area contributed by atoms with E-state index >= 15 is 0 Å². The Morgan fingerprint density at radius 2 is 2.05 bits per heavy atom. The maximum absolute atomic E-state index is 13.1. The Kier molecular flexibility index (Phi) is 3.61. The van der Waals surface area contributed by atoms with Gasteiger partial charge in [-0.05, 0) is 37.3 Å². The van der Waals surface area contributed by atoms with Gasteiger partial charge in [-0.2, -0.15) is 0 Å². The Morgan fingerprint density at radius 3 is 2.71 bits per heavy atom. The number of nitrogens with zero attached hydrogens (tertiary/aromatic N) is 3. The standard InChI is InChI=1S/C15H14ClFN4/c1-9(7-18)21-14(10-2-4-12(17)5-3-10)20-13-6-11(16)8-19-15(13)21/h2-6,8-9H,7,18H2,1H3. The van der Waals surface area contributed by atoms with E-state index in [9.17, 15) is 4.39 Å². The molecule has 21 heavy (non-hydrogen) atoms. The van der Waals surface area contributed by atoms with Crippen molar-refractivity contribution in [2.24, 2.45) is 5.73 Å². The number of fused-ring (bicyclic) bond motifs is 1. The lowest BCUT2D eigenvalue weighted by Crippen LogP contribution is -2.17. The first kappa shape index (κ1) is 14.0. The molecule has 4 nitrogen and oxygen atoms in total. The molecule has 0 fully saturated rings. The molecule has 0 radical (unpaired) electrons. The van der Waals surface area contributed by atoms with E-state index in [-0.39, 0.29) is 11.9 Å². The van der Waals surface area contributed by atoms with Crippen LogP contribution < -0.4 is 5.73 Å². The summed E-state index contributed by atoms with van der Waals surface area (Å²) in [4.78, 5) is 8.93. The van der Waals surface area contributed by atoms with E-state index in [0.717, 1.165) is 11.2 Å². The highest BCUT2D eigenvalue weighted by Crippen LogP contribution is 2.28. The van der Waals surface area contributed by atoms with Gasteiger partial charge in [-0.15, -0.1) is 0 Å². The maximum atomic E-state index is 13.1. The van der Waals surface area contributed by atoms with Gasteiger partial charge in [0.05, 0.1) is 5.02 Å². The number of pyridine rings is 1. The molecule has 3 rings (SSSR count). The Balaban J connectivity index is 2.27. The fourth-order valence-corrected chi connectivity index (χ4v) is 2.44. The number of hydrogen-bond donors (Lipinski definition) is 1. The zero-order valence-electron chi connectivity index (χ0n) is 11.4. The minimum Gasteiger partial charge on any atom is -0.328 e. The zero-order valence-corrected chi connectivity index (χ0v) is 12.2. The van der Waals surface area contributed by atoms with Crippen LogP contribution in [0.4, 0.5) is 4.39 Å². The Morgan fingerprint density at radius 1 is 1.33 bits per heavy atom. The first-order chi connectivity index (χ1) is 10.1. The minimum absolute atomic E-state index is 0.0173. The van der Waals surface area contributed by atoms with E-state index < -0.39 is 0 Å². The predicted octanol–water partition coefficient (Wildman–Crippen LogP) is 3.41. The Hall–Kier alpha value is -1.98. The van der Waals surface area contributed by atoms with Crippen LogP contribution in [0.5, 0.6) is 0 Å². The molecule has 0 aliphatic heterocycles. The van der Waals surface area contributed by atoms with Gasteiger partial charge >= 0.3 is 0 Å². The fraction of sp³-hybridized carbons (Fsp3) is 0.200. The van der Waals surface area contributed by atoms with Crippen molar-refractivity contribution in [2.45, 2.75) is 13.0 Å². The first-order valence-corrected chi connectivity index (χ1v) is 6.97. The number of nitrogens with two attached hydrogens (primary N) is 1. The third-order valence-electron chi connectivity index (χ3n) is 3.38. The molecule has 2 N–H and O–H groups in total. The van der Waals surface area contributed by atoms with Gasteiger partial charge in [-0.25, -0.2) is 14.4 Å². The second kappa shape index (κ2) is 5.42. The second-order valence-corrected chi connectivity index (χ2v) is 5.33. The molecular formula is C15H14ClFN4. The van der Waals surface area contributed by atoms with Crippen LogP contribution in [-0.2, 0) is 0 Å². The summed E-state index contributed by atoms with van der Waals surface area (Å²) < 4.78 is 15.1. The molecule has 1 aromatic carbocycles. The minimum atomic E-state index is -0.283.